The smallest absolute Gasteiger partial charge is 0.316 e. The first kappa shape index (κ1) is 17.7. The number of carbonyl (C=O) groups excluding carboxylic acids is 2. The molecule has 140 valence electrons. The molecule has 0 aromatic heterocycles. The van der Waals surface area contributed by atoms with Crippen molar-refractivity contribution in [2.24, 2.45) is 0 Å². The molecule has 1 N–H and O–H groups in total. The standard InChI is InChI=1S/C22H25N3O2/c26-21(22(27)25-15-10-18-8-4-5-9-20(18)25)23-19-11-13-24(14-12-19)16-17-6-2-1-3-7-17/h1-9,19H,10-16H2,(H,23,26). The summed E-state index contributed by atoms with van der Waals surface area (Å²) >= 11 is 0. The third-order valence-electron chi connectivity index (χ3n) is 5.50. The minimum atomic E-state index is -0.479. The fraction of sp³-hybridized carbons (Fsp3) is 0.364. The predicted molar refractivity (Wildman–Crippen MR) is 105 cm³/mol. The summed E-state index contributed by atoms with van der Waals surface area (Å²) < 4.78 is 0. The van der Waals surface area contributed by atoms with Crippen LogP contribution in [0.25, 0.3) is 0 Å². The number of nitrogens with zero attached hydrogens (tertiary/aromatic N) is 2. The van der Waals surface area contributed by atoms with E-state index in [1.165, 1.54) is 5.56 Å². The zero-order valence-electron chi connectivity index (χ0n) is 15.4. The van der Waals surface area contributed by atoms with Crippen LogP contribution in [0.3, 0.4) is 0 Å². The van der Waals surface area contributed by atoms with Gasteiger partial charge in [0.05, 0.1) is 0 Å². The normalized spacial score (nSPS) is 17.6. The molecular formula is C22H25N3O2. The molecule has 5 heteroatoms. The van der Waals surface area contributed by atoms with Crippen LogP contribution in [0.15, 0.2) is 54.6 Å². The Hall–Kier alpha value is -2.66. The Morgan fingerprint density at radius 3 is 2.41 bits per heavy atom. The number of anilines is 1. The molecular weight excluding hydrogens is 338 g/mol. The van der Waals surface area contributed by atoms with E-state index in [0.29, 0.717) is 6.54 Å². The monoisotopic (exact) mass is 363 g/mol. The molecule has 2 aliphatic rings. The number of piperidine rings is 1. The largest absolute Gasteiger partial charge is 0.345 e. The maximum Gasteiger partial charge on any atom is 0.316 e. The number of benzene rings is 2. The molecule has 0 atom stereocenters. The first-order valence-corrected chi connectivity index (χ1v) is 9.67. The average molecular weight is 363 g/mol. The molecule has 0 saturated carbocycles. The quantitative estimate of drug-likeness (QED) is 0.852. The van der Waals surface area contributed by atoms with Gasteiger partial charge in [-0.05, 0) is 36.5 Å². The molecule has 27 heavy (non-hydrogen) atoms. The molecule has 1 fully saturated rings. The van der Waals surface area contributed by atoms with E-state index < -0.39 is 11.8 Å². The summed E-state index contributed by atoms with van der Waals surface area (Å²) in [5.74, 6) is -0.917. The summed E-state index contributed by atoms with van der Waals surface area (Å²) in [5, 5.41) is 2.95. The van der Waals surface area contributed by atoms with Crippen molar-refractivity contribution >= 4 is 17.5 Å². The maximum atomic E-state index is 12.6. The molecule has 0 aliphatic carbocycles. The molecule has 1 saturated heterocycles. The van der Waals surface area contributed by atoms with Gasteiger partial charge in [-0.25, -0.2) is 0 Å². The van der Waals surface area contributed by atoms with Crippen molar-refractivity contribution in [1.82, 2.24) is 10.2 Å². The lowest BCUT2D eigenvalue weighted by Gasteiger charge is -2.32. The van der Waals surface area contributed by atoms with Gasteiger partial charge < -0.3 is 10.2 Å². The van der Waals surface area contributed by atoms with E-state index in [9.17, 15) is 9.59 Å². The fourth-order valence-corrected chi connectivity index (χ4v) is 4.00. The Balaban J connectivity index is 1.28. The summed E-state index contributed by atoms with van der Waals surface area (Å²) in [5.41, 5.74) is 3.31. The fourth-order valence-electron chi connectivity index (χ4n) is 4.00. The first-order chi connectivity index (χ1) is 13.2. The molecule has 0 radical (unpaired) electrons. The van der Waals surface area contributed by atoms with Crippen molar-refractivity contribution in [3.63, 3.8) is 0 Å². The first-order valence-electron chi connectivity index (χ1n) is 9.67. The molecule has 2 aliphatic heterocycles. The number of amides is 2. The van der Waals surface area contributed by atoms with Crippen molar-refractivity contribution in [3.05, 3.63) is 65.7 Å². The Morgan fingerprint density at radius 1 is 0.926 bits per heavy atom. The van der Waals surface area contributed by atoms with Crippen molar-refractivity contribution in [2.45, 2.75) is 31.8 Å². The highest BCUT2D eigenvalue weighted by Gasteiger charge is 2.30. The van der Waals surface area contributed by atoms with Gasteiger partial charge in [-0.1, -0.05) is 48.5 Å². The summed E-state index contributed by atoms with van der Waals surface area (Å²) in [6.45, 7) is 3.38. The van der Waals surface area contributed by atoms with Gasteiger partial charge in [-0.3, -0.25) is 14.5 Å². The number of fused-ring (bicyclic) bond motifs is 1. The van der Waals surface area contributed by atoms with Crippen LogP contribution in [0.1, 0.15) is 24.0 Å². The van der Waals surface area contributed by atoms with Gasteiger partial charge >= 0.3 is 11.8 Å². The van der Waals surface area contributed by atoms with Gasteiger partial charge in [-0.15, -0.1) is 0 Å². The highest BCUT2D eigenvalue weighted by molar-refractivity contribution is 6.40. The molecule has 2 aromatic rings. The Bertz CT molecular complexity index is 813. The van der Waals surface area contributed by atoms with Crippen molar-refractivity contribution < 1.29 is 9.59 Å². The topological polar surface area (TPSA) is 52.7 Å². The highest BCUT2D eigenvalue weighted by atomic mass is 16.2. The van der Waals surface area contributed by atoms with E-state index in [-0.39, 0.29) is 6.04 Å². The number of para-hydroxylation sites is 1. The highest BCUT2D eigenvalue weighted by Crippen LogP contribution is 2.27. The summed E-state index contributed by atoms with van der Waals surface area (Å²) in [7, 11) is 0. The zero-order valence-corrected chi connectivity index (χ0v) is 15.4. The lowest BCUT2D eigenvalue weighted by atomic mass is 10.0. The van der Waals surface area contributed by atoms with Crippen LogP contribution in [0.2, 0.25) is 0 Å². The molecule has 2 aromatic carbocycles. The molecule has 0 bridgehead atoms. The molecule has 4 rings (SSSR count). The second-order valence-corrected chi connectivity index (χ2v) is 7.34. The lowest BCUT2D eigenvalue weighted by molar-refractivity contribution is -0.138. The number of rotatable bonds is 3. The summed E-state index contributed by atoms with van der Waals surface area (Å²) in [4.78, 5) is 29.1. The van der Waals surface area contributed by atoms with Gasteiger partial charge in [-0.2, -0.15) is 0 Å². The minimum absolute atomic E-state index is 0.0753. The van der Waals surface area contributed by atoms with Crippen molar-refractivity contribution in [2.75, 3.05) is 24.5 Å². The Kier molecular flexibility index (Phi) is 5.21. The third-order valence-corrected chi connectivity index (χ3v) is 5.50. The second-order valence-electron chi connectivity index (χ2n) is 7.34. The Morgan fingerprint density at radius 2 is 1.63 bits per heavy atom. The van der Waals surface area contributed by atoms with Gasteiger partial charge in [0.1, 0.15) is 0 Å². The summed E-state index contributed by atoms with van der Waals surface area (Å²) in [6.07, 6.45) is 2.57. The zero-order chi connectivity index (χ0) is 18.6. The SMILES string of the molecule is O=C(NC1CCN(Cc2ccccc2)CC1)C(=O)N1CCc2ccccc21. The lowest BCUT2D eigenvalue weighted by Crippen LogP contribution is -2.49. The average Bonchev–Trinajstić information content (AvgIpc) is 3.14. The summed E-state index contributed by atoms with van der Waals surface area (Å²) in [6, 6.07) is 18.3. The number of hydrogen-bond acceptors (Lipinski definition) is 3. The maximum absolute atomic E-state index is 12.6. The van der Waals surface area contributed by atoms with Crippen LogP contribution in [-0.4, -0.2) is 42.4 Å². The predicted octanol–water partition coefficient (Wildman–Crippen LogP) is 2.36. The van der Waals surface area contributed by atoms with Crippen LogP contribution >= 0.6 is 0 Å². The van der Waals surface area contributed by atoms with Gasteiger partial charge in [0.2, 0.25) is 0 Å². The van der Waals surface area contributed by atoms with Crippen LogP contribution in [-0.2, 0) is 22.6 Å². The van der Waals surface area contributed by atoms with E-state index in [4.69, 9.17) is 0 Å². The van der Waals surface area contributed by atoms with Gasteiger partial charge in [0.25, 0.3) is 0 Å². The van der Waals surface area contributed by atoms with Crippen molar-refractivity contribution in [3.8, 4) is 0 Å². The number of hydrogen-bond donors (Lipinski definition) is 1. The van der Waals surface area contributed by atoms with E-state index >= 15 is 0 Å². The van der Waals surface area contributed by atoms with E-state index in [2.05, 4.69) is 34.5 Å². The molecule has 2 heterocycles. The van der Waals surface area contributed by atoms with E-state index in [1.807, 2.05) is 30.3 Å². The van der Waals surface area contributed by atoms with E-state index in [1.54, 1.807) is 4.90 Å². The number of likely N-dealkylation sites (tertiary alicyclic amines) is 1. The second kappa shape index (κ2) is 7.92. The van der Waals surface area contributed by atoms with Crippen LogP contribution < -0.4 is 10.2 Å². The van der Waals surface area contributed by atoms with Gasteiger partial charge in [0.15, 0.2) is 0 Å². The molecule has 0 spiro atoms. The van der Waals surface area contributed by atoms with Crippen LogP contribution in [0.4, 0.5) is 5.69 Å². The number of nitrogens with one attached hydrogen (secondary N) is 1. The van der Waals surface area contributed by atoms with Crippen LogP contribution in [0.5, 0.6) is 0 Å². The van der Waals surface area contributed by atoms with E-state index in [0.717, 1.165) is 50.1 Å². The molecule has 0 unspecified atom stereocenters. The molecule has 5 nitrogen and oxygen atoms in total. The number of carbonyl (C=O) groups is 2. The van der Waals surface area contributed by atoms with Crippen LogP contribution in [0, 0.1) is 0 Å². The Labute approximate surface area is 160 Å². The minimum Gasteiger partial charge on any atom is -0.345 e. The molecule has 2 amide bonds. The third kappa shape index (κ3) is 4.03. The van der Waals surface area contributed by atoms with Crippen molar-refractivity contribution in [1.29, 1.82) is 0 Å². The van der Waals surface area contributed by atoms with Gasteiger partial charge in [0, 0.05) is 37.9 Å².